The van der Waals surface area contributed by atoms with E-state index in [9.17, 15) is 14.4 Å². The molecule has 1 saturated heterocycles. The number of aromatic nitrogens is 1. The van der Waals surface area contributed by atoms with Crippen molar-refractivity contribution in [2.24, 2.45) is 5.92 Å². The Labute approximate surface area is 250 Å². The summed E-state index contributed by atoms with van der Waals surface area (Å²) in [5, 5.41) is 6.01. The van der Waals surface area contributed by atoms with Gasteiger partial charge in [0.05, 0.1) is 18.5 Å². The van der Waals surface area contributed by atoms with E-state index in [4.69, 9.17) is 4.74 Å². The summed E-state index contributed by atoms with van der Waals surface area (Å²) in [5.74, 6) is 0.747. The highest BCUT2D eigenvalue weighted by Gasteiger charge is 2.35. The monoisotopic (exact) mass is 574 g/mol. The van der Waals surface area contributed by atoms with Crippen molar-refractivity contribution in [2.75, 3.05) is 30.4 Å². The Morgan fingerprint density at radius 3 is 2.53 bits per heavy atom. The Morgan fingerprint density at radius 1 is 0.930 bits per heavy atom. The first kappa shape index (κ1) is 28.0. The maximum absolute atomic E-state index is 13.2. The van der Waals surface area contributed by atoms with E-state index in [0.717, 1.165) is 41.2 Å². The van der Waals surface area contributed by atoms with Gasteiger partial charge in [0.2, 0.25) is 5.91 Å². The minimum atomic E-state index is -0.282. The molecule has 0 saturated carbocycles. The zero-order valence-corrected chi connectivity index (χ0v) is 24.0. The minimum Gasteiger partial charge on any atom is -0.497 e. The average molecular weight is 575 g/mol. The molecule has 1 aromatic heterocycles. The van der Waals surface area contributed by atoms with Crippen molar-refractivity contribution in [2.45, 2.75) is 25.4 Å². The number of carbonyl (C=O) groups excluding carboxylic acids is 2. The smallest absolute Gasteiger partial charge is 0.251 e. The SMILES string of the molecule is COc1ccc(CNC(=O)c2ccc(N3C[C@H]4C[C@@H](C3)c3cccc(=O)n3C4)c(NC(=O)/C=C/c3ccccc3)c2)cc1. The second-order valence-electron chi connectivity index (χ2n) is 11.1. The third-order valence-corrected chi connectivity index (χ3v) is 8.18. The molecule has 0 radical (unpaired) electrons. The molecule has 3 aromatic carbocycles. The molecule has 3 heterocycles. The lowest BCUT2D eigenvalue weighted by Gasteiger charge is -2.44. The average Bonchev–Trinajstić information content (AvgIpc) is 3.04. The van der Waals surface area contributed by atoms with Gasteiger partial charge >= 0.3 is 0 Å². The number of carbonyl (C=O) groups is 2. The first-order valence-electron chi connectivity index (χ1n) is 14.5. The van der Waals surface area contributed by atoms with Gasteiger partial charge in [0.1, 0.15) is 5.75 Å². The van der Waals surface area contributed by atoms with Crippen LogP contribution in [-0.4, -0.2) is 36.6 Å². The molecule has 0 aliphatic carbocycles. The van der Waals surface area contributed by atoms with Gasteiger partial charge in [0, 0.05) is 55.5 Å². The molecular formula is C35H34N4O4. The molecule has 2 aliphatic rings. The van der Waals surface area contributed by atoms with Gasteiger partial charge in [-0.3, -0.25) is 14.4 Å². The minimum absolute atomic E-state index is 0.0452. The molecule has 2 N–H and O–H groups in total. The van der Waals surface area contributed by atoms with Gasteiger partial charge in [-0.15, -0.1) is 0 Å². The van der Waals surface area contributed by atoms with Crippen LogP contribution in [0.5, 0.6) is 5.75 Å². The first-order valence-corrected chi connectivity index (χ1v) is 14.5. The van der Waals surface area contributed by atoms with Gasteiger partial charge in [-0.2, -0.15) is 0 Å². The van der Waals surface area contributed by atoms with Gasteiger partial charge in [-0.25, -0.2) is 0 Å². The topological polar surface area (TPSA) is 92.7 Å². The fourth-order valence-corrected chi connectivity index (χ4v) is 6.08. The molecule has 0 unspecified atom stereocenters. The lowest BCUT2D eigenvalue weighted by molar-refractivity contribution is -0.111. The number of piperidine rings is 1. The molecule has 8 nitrogen and oxygen atoms in total. The number of methoxy groups -OCH3 is 1. The predicted molar refractivity (Wildman–Crippen MR) is 168 cm³/mol. The van der Waals surface area contributed by atoms with Gasteiger partial charge < -0.3 is 24.8 Å². The Bertz CT molecular complexity index is 1710. The predicted octanol–water partition coefficient (Wildman–Crippen LogP) is 5.06. The van der Waals surface area contributed by atoms with Crippen molar-refractivity contribution < 1.29 is 14.3 Å². The molecule has 43 heavy (non-hydrogen) atoms. The standard InChI is InChI=1S/C35H34N4O4/c1-43-29-14-10-25(11-15-29)20-36-35(42)27-13-16-32(30(19-27)37-33(40)17-12-24-6-3-2-4-7-24)38-21-26-18-28(23-38)31-8-5-9-34(41)39(31)22-26/h2-17,19,26,28H,18,20-23H2,1H3,(H,36,42)(H,37,40)/b17-12+/t26-,28+/m1/s1. The highest BCUT2D eigenvalue weighted by Crippen LogP contribution is 2.39. The number of benzene rings is 3. The van der Waals surface area contributed by atoms with Crippen molar-refractivity contribution in [1.29, 1.82) is 0 Å². The van der Waals surface area contributed by atoms with Crippen LogP contribution >= 0.6 is 0 Å². The Kier molecular flexibility index (Phi) is 8.09. The van der Waals surface area contributed by atoms with E-state index >= 15 is 0 Å². The summed E-state index contributed by atoms with van der Waals surface area (Å²) in [5.41, 5.74) is 4.85. The second kappa shape index (κ2) is 12.4. The highest BCUT2D eigenvalue weighted by atomic mass is 16.5. The number of hydrogen-bond donors (Lipinski definition) is 2. The largest absolute Gasteiger partial charge is 0.497 e. The third kappa shape index (κ3) is 6.38. The van der Waals surface area contributed by atoms with Crippen molar-refractivity contribution in [1.82, 2.24) is 9.88 Å². The molecular weight excluding hydrogens is 540 g/mol. The van der Waals surface area contributed by atoms with E-state index < -0.39 is 0 Å². The molecule has 2 bridgehead atoms. The number of nitrogens with zero attached hydrogens (tertiary/aromatic N) is 2. The highest BCUT2D eigenvalue weighted by molar-refractivity contribution is 6.05. The van der Waals surface area contributed by atoms with E-state index in [2.05, 4.69) is 15.5 Å². The summed E-state index contributed by atoms with van der Waals surface area (Å²) in [7, 11) is 1.62. The van der Waals surface area contributed by atoms with Crippen LogP contribution in [0, 0.1) is 5.92 Å². The van der Waals surface area contributed by atoms with E-state index in [1.165, 1.54) is 6.08 Å². The number of anilines is 2. The molecule has 2 aliphatic heterocycles. The number of nitrogens with one attached hydrogen (secondary N) is 2. The molecule has 6 rings (SSSR count). The van der Waals surface area contributed by atoms with Crippen LogP contribution in [0.2, 0.25) is 0 Å². The lowest BCUT2D eigenvalue weighted by atomic mass is 9.83. The zero-order valence-electron chi connectivity index (χ0n) is 24.0. The van der Waals surface area contributed by atoms with Crippen LogP contribution in [0.1, 0.15) is 39.5 Å². The van der Waals surface area contributed by atoms with Crippen molar-refractivity contribution in [3.05, 3.63) is 130 Å². The summed E-state index contributed by atoms with van der Waals surface area (Å²) in [4.78, 5) is 41.1. The van der Waals surface area contributed by atoms with Crippen molar-refractivity contribution >= 4 is 29.3 Å². The molecule has 0 spiro atoms. The second-order valence-corrected chi connectivity index (χ2v) is 11.1. The van der Waals surface area contributed by atoms with Gasteiger partial charge in [0.15, 0.2) is 0 Å². The number of fused-ring (bicyclic) bond motifs is 4. The quantitative estimate of drug-likeness (QED) is 0.287. The number of ether oxygens (including phenoxy) is 1. The Hall–Kier alpha value is -5.11. The van der Waals surface area contributed by atoms with Crippen LogP contribution in [0.25, 0.3) is 6.08 Å². The lowest BCUT2D eigenvalue weighted by Crippen LogP contribution is -2.47. The van der Waals surface area contributed by atoms with Crippen LogP contribution in [0.15, 0.2) is 102 Å². The zero-order chi connectivity index (χ0) is 29.8. The van der Waals surface area contributed by atoms with Crippen LogP contribution < -0.4 is 25.8 Å². The van der Waals surface area contributed by atoms with E-state index in [1.807, 2.05) is 77.4 Å². The maximum atomic E-state index is 13.2. The van der Waals surface area contributed by atoms with Gasteiger partial charge in [-0.05, 0) is 65.9 Å². The van der Waals surface area contributed by atoms with Gasteiger partial charge in [0.25, 0.3) is 11.5 Å². The molecule has 218 valence electrons. The molecule has 1 fully saturated rings. The summed E-state index contributed by atoms with van der Waals surface area (Å²) < 4.78 is 7.12. The van der Waals surface area contributed by atoms with E-state index in [1.54, 1.807) is 31.4 Å². The third-order valence-electron chi connectivity index (χ3n) is 8.18. The van der Waals surface area contributed by atoms with Crippen LogP contribution in [0.4, 0.5) is 11.4 Å². The van der Waals surface area contributed by atoms with Crippen LogP contribution in [0.3, 0.4) is 0 Å². The van der Waals surface area contributed by atoms with Crippen molar-refractivity contribution in [3.8, 4) is 5.75 Å². The molecule has 2 atom stereocenters. The summed E-state index contributed by atoms with van der Waals surface area (Å²) in [6.45, 7) is 2.50. The number of amides is 2. The summed E-state index contributed by atoms with van der Waals surface area (Å²) in [6.07, 6.45) is 4.29. The fourth-order valence-electron chi connectivity index (χ4n) is 6.08. The number of pyridine rings is 1. The molecule has 4 aromatic rings. The van der Waals surface area contributed by atoms with Crippen LogP contribution in [-0.2, 0) is 17.9 Å². The number of hydrogen-bond acceptors (Lipinski definition) is 5. The van der Waals surface area contributed by atoms with Crippen molar-refractivity contribution in [3.63, 3.8) is 0 Å². The number of rotatable bonds is 8. The summed E-state index contributed by atoms with van der Waals surface area (Å²) >= 11 is 0. The summed E-state index contributed by atoms with van der Waals surface area (Å²) in [6, 6.07) is 28.1. The Balaban J connectivity index is 1.25. The molecule has 8 heteroatoms. The fraction of sp³-hybridized carbons (Fsp3) is 0.229. The Morgan fingerprint density at radius 2 is 1.74 bits per heavy atom. The maximum Gasteiger partial charge on any atom is 0.251 e. The van der Waals surface area contributed by atoms with E-state index in [0.29, 0.717) is 36.8 Å². The van der Waals surface area contributed by atoms with Gasteiger partial charge in [-0.1, -0.05) is 48.5 Å². The molecule has 2 amide bonds. The normalized spacial score (nSPS) is 17.3. The van der Waals surface area contributed by atoms with E-state index in [-0.39, 0.29) is 23.3 Å². The first-order chi connectivity index (χ1) is 21.0.